The van der Waals surface area contributed by atoms with Crippen molar-refractivity contribution < 1.29 is 19.3 Å². The molecule has 0 unspecified atom stereocenters. The summed E-state index contributed by atoms with van der Waals surface area (Å²) in [6.07, 6.45) is -1.09. The predicted molar refractivity (Wildman–Crippen MR) is 125 cm³/mol. The molecule has 2 aliphatic rings. The number of nitrogens with zero attached hydrogens (tertiary/aromatic N) is 3. The molecule has 0 spiro atoms. The highest BCUT2D eigenvalue weighted by molar-refractivity contribution is 6.35. The lowest BCUT2D eigenvalue weighted by Gasteiger charge is -2.29. The number of imide groups is 1. The number of anilines is 1. The van der Waals surface area contributed by atoms with Gasteiger partial charge in [0.05, 0.1) is 23.2 Å². The predicted octanol–water partition coefficient (Wildman–Crippen LogP) is 4.95. The van der Waals surface area contributed by atoms with Crippen molar-refractivity contribution in [3.8, 4) is 0 Å². The van der Waals surface area contributed by atoms with Gasteiger partial charge in [-0.05, 0) is 29.3 Å². The van der Waals surface area contributed by atoms with Crippen LogP contribution in [0.5, 0.6) is 0 Å². The molecule has 0 saturated carbocycles. The fourth-order valence-corrected chi connectivity index (χ4v) is 4.94. The second-order valence-electron chi connectivity index (χ2n) is 8.01. The molecule has 0 aliphatic carbocycles. The maximum atomic E-state index is 13.5. The van der Waals surface area contributed by atoms with Crippen molar-refractivity contribution in [1.82, 2.24) is 4.90 Å². The van der Waals surface area contributed by atoms with Gasteiger partial charge in [0.25, 0.3) is 11.6 Å². The maximum Gasteiger partial charge on any atom is 0.271 e. The third-order valence-corrected chi connectivity index (χ3v) is 6.53. The van der Waals surface area contributed by atoms with Crippen molar-refractivity contribution in [1.29, 1.82) is 0 Å². The molecular weight excluding hydrogens is 481 g/mol. The largest absolute Gasteiger partial charge is 0.275 e. The zero-order chi connectivity index (χ0) is 24.0. The lowest BCUT2D eigenvalue weighted by Crippen LogP contribution is -2.37. The highest BCUT2D eigenvalue weighted by Gasteiger charge is 2.60. The summed E-state index contributed by atoms with van der Waals surface area (Å²) in [5, 5.41) is 13.4. The van der Waals surface area contributed by atoms with Crippen molar-refractivity contribution in [2.45, 2.75) is 18.7 Å². The standard InChI is InChI=1S/C24H17Cl2N3O5/c25-15-9-10-18(19(26)11-15)21-20-22(34-28(21)16-7-4-8-17(12-16)29(32)33)24(31)27(23(20)30)13-14-5-2-1-3-6-14/h1-12,20-22H,13H2/t20-,21-,22-/m0/s1. The van der Waals surface area contributed by atoms with E-state index in [0.29, 0.717) is 21.3 Å². The first-order chi connectivity index (χ1) is 16.3. The zero-order valence-corrected chi connectivity index (χ0v) is 19.0. The number of non-ortho nitro benzene ring substituents is 1. The topological polar surface area (TPSA) is 93.0 Å². The third-order valence-electron chi connectivity index (χ3n) is 5.97. The number of fused-ring (bicyclic) bond motifs is 1. The van der Waals surface area contributed by atoms with Crippen LogP contribution in [0.4, 0.5) is 11.4 Å². The number of carbonyl (C=O) groups is 2. The number of halogens is 2. The summed E-state index contributed by atoms with van der Waals surface area (Å²) >= 11 is 12.6. The zero-order valence-electron chi connectivity index (χ0n) is 17.5. The third kappa shape index (κ3) is 3.79. The van der Waals surface area contributed by atoms with Crippen LogP contribution in [0.3, 0.4) is 0 Å². The van der Waals surface area contributed by atoms with Gasteiger partial charge < -0.3 is 0 Å². The van der Waals surface area contributed by atoms with Crippen LogP contribution >= 0.6 is 23.2 Å². The molecule has 2 heterocycles. The SMILES string of the molecule is O=C1[C@@H]2[C@H](ON(c3cccc([N+](=O)[O-])c3)[C@H]2c2ccc(Cl)cc2Cl)C(=O)N1Cc1ccccc1. The Morgan fingerprint density at radius 1 is 0.941 bits per heavy atom. The van der Waals surface area contributed by atoms with Gasteiger partial charge in [-0.15, -0.1) is 0 Å². The molecule has 34 heavy (non-hydrogen) atoms. The molecule has 0 radical (unpaired) electrons. The summed E-state index contributed by atoms with van der Waals surface area (Å²) in [5.74, 6) is -1.76. The summed E-state index contributed by atoms with van der Waals surface area (Å²) in [6, 6.07) is 19.0. The molecule has 0 aromatic heterocycles. The van der Waals surface area contributed by atoms with E-state index >= 15 is 0 Å². The van der Waals surface area contributed by atoms with E-state index in [9.17, 15) is 19.7 Å². The molecule has 172 valence electrons. The average Bonchev–Trinajstić information content (AvgIpc) is 3.32. The van der Waals surface area contributed by atoms with Crippen LogP contribution in [-0.4, -0.2) is 27.7 Å². The van der Waals surface area contributed by atoms with Crippen LogP contribution < -0.4 is 5.06 Å². The molecule has 0 N–H and O–H groups in total. The van der Waals surface area contributed by atoms with Gasteiger partial charge in [0.2, 0.25) is 5.91 Å². The minimum Gasteiger partial charge on any atom is -0.275 e. The molecule has 0 bridgehead atoms. The Kier molecular flexibility index (Phi) is 5.73. The van der Waals surface area contributed by atoms with Gasteiger partial charge in [-0.1, -0.05) is 65.7 Å². The molecule has 8 nitrogen and oxygen atoms in total. The van der Waals surface area contributed by atoms with E-state index in [-0.39, 0.29) is 12.2 Å². The monoisotopic (exact) mass is 497 g/mol. The lowest BCUT2D eigenvalue weighted by atomic mass is 9.90. The number of carbonyl (C=O) groups excluding carboxylic acids is 2. The van der Waals surface area contributed by atoms with Crippen LogP contribution in [0.25, 0.3) is 0 Å². The van der Waals surface area contributed by atoms with Crippen molar-refractivity contribution in [3.05, 3.63) is 104 Å². The molecule has 3 aromatic rings. The molecule has 3 atom stereocenters. The van der Waals surface area contributed by atoms with Crippen molar-refractivity contribution in [2.24, 2.45) is 5.92 Å². The molecular formula is C24H17Cl2N3O5. The van der Waals surface area contributed by atoms with Crippen LogP contribution in [0, 0.1) is 16.0 Å². The Hall–Kier alpha value is -3.46. The van der Waals surface area contributed by atoms with Crippen LogP contribution in [0.1, 0.15) is 17.2 Å². The van der Waals surface area contributed by atoms with Gasteiger partial charge in [-0.25, -0.2) is 5.06 Å². The lowest BCUT2D eigenvalue weighted by molar-refractivity contribution is -0.384. The minimum atomic E-state index is -1.09. The van der Waals surface area contributed by atoms with E-state index < -0.39 is 34.8 Å². The van der Waals surface area contributed by atoms with E-state index in [1.54, 1.807) is 24.3 Å². The highest BCUT2D eigenvalue weighted by atomic mass is 35.5. The van der Waals surface area contributed by atoms with Gasteiger partial charge in [0.15, 0.2) is 6.10 Å². The van der Waals surface area contributed by atoms with Gasteiger partial charge in [-0.3, -0.25) is 29.4 Å². The summed E-state index contributed by atoms with van der Waals surface area (Å²) in [7, 11) is 0. The normalized spacial score (nSPS) is 21.8. The van der Waals surface area contributed by atoms with E-state index in [1.807, 2.05) is 30.3 Å². The van der Waals surface area contributed by atoms with Crippen LogP contribution in [0.2, 0.25) is 10.0 Å². The number of likely N-dealkylation sites (tertiary alicyclic amines) is 1. The Morgan fingerprint density at radius 2 is 1.71 bits per heavy atom. The number of hydrogen-bond donors (Lipinski definition) is 0. The van der Waals surface area contributed by atoms with Crippen molar-refractivity contribution >= 4 is 46.4 Å². The Balaban J connectivity index is 1.57. The first kappa shape index (κ1) is 22.3. The molecule has 2 fully saturated rings. The second-order valence-corrected chi connectivity index (χ2v) is 8.86. The smallest absolute Gasteiger partial charge is 0.271 e. The molecule has 5 rings (SSSR count). The molecule has 2 saturated heterocycles. The fourth-order valence-electron chi connectivity index (χ4n) is 4.42. The summed E-state index contributed by atoms with van der Waals surface area (Å²) in [5.41, 5.74) is 1.51. The van der Waals surface area contributed by atoms with E-state index in [4.69, 9.17) is 28.0 Å². The van der Waals surface area contributed by atoms with Gasteiger partial charge in [-0.2, -0.15) is 0 Å². The van der Waals surface area contributed by atoms with E-state index in [1.165, 1.54) is 28.2 Å². The number of hydrogen-bond acceptors (Lipinski definition) is 6. The second kappa shape index (κ2) is 8.72. The number of amides is 2. The number of nitro groups is 1. The molecule has 2 aliphatic heterocycles. The first-order valence-electron chi connectivity index (χ1n) is 10.4. The van der Waals surface area contributed by atoms with Gasteiger partial charge in [0.1, 0.15) is 5.92 Å². The molecule has 3 aromatic carbocycles. The van der Waals surface area contributed by atoms with Crippen LogP contribution in [-0.2, 0) is 21.0 Å². The van der Waals surface area contributed by atoms with E-state index in [2.05, 4.69) is 0 Å². The number of hydroxylamine groups is 1. The number of nitro benzene ring substituents is 1. The Morgan fingerprint density at radius 3 is 2.41 bits per heavy atom. The number of rotatable bonds is 5. The van der Waals surface area contributed by atoms with Crippen molar-refractivity contribution in [3.63, 3.8) is 0 Å². The summed E-state index contributed by atoms with van der Waals surface area (Å²) in [4.78, 5) is 44.8. The Bertz CT molecular complexity index is 1300. The minimum absolute atomic E-state index is 0.118. The van der Waals surface area contributed by atoms with E-state index in [0.717, 1.165) is 5.56 Å². The molecule has 10 heteroatoms. The van der Waals surface area contributed by atoms with Gasteiger partial charge in [0, 0.05) is 22.2 Å². The Labute approximate surface area is 204 Å². The molecule has 2 amide bonds. The van der Waals surface area contributed by atoms with Gasteiger partial charge >= 0.3 is 0 Å². The quantitative estimate of drug-likeness (QED) is 0.281. The van der Waals surface area contributed by atoms with Crippen LogP contribution in [0.15, 0.2) is 72.8 Å². The summed E-state index contributed by atoms with van der Waals surface area (Å²) < 4.78 is 0. The van der Waals surface area contributed by atoms with Crippen molar-refractivity contribution in [2.75, 3.05) is 5.06 Å². The number of benzene rings is 3. The summed E-state index contributed by atoms with van der Waals surface area (Å²) in [6.45, 7) is 0.118. The fraction of sp³-hybridized carbons (Fsp3) is 0.167. The first-order valence-corrected chi connectivity index (χ1v) is 11.2. The highest BCUT2D eigenvalue weighted by Crippen LogP contribution is 2.49. The average molecular weight is 498 g/mol. The maximum absolute atomic E-state index is 13.5.